The average Bonchev–Trinajstić information content (AvgIpc) is 2.85. The SMILES string of the molecule is O=C1CC(CBr)CN1CCc1cccc2cnccc12. The van der Waals surface area contributed by atoms with Gasteiger partial charge in [-0.3, -0.25) is 9.78 Å². The predicted octanol–water partition coefficient (Wildman–Crippen LogP) is 3.02. The van der Waals surface area contributed by atoms with Crippen LogP contribution in [0.5, 0.6) is 0 Å². The Kier molecular flexibility index (Phi) is 4.01. The van der Waals surface area contributed by atoms with Crippen molar-refractivity contribution in [3.05, 3.63) is 42.2 Å². The fraction of sp³-hybridized carbons (Fsp3) is 0.375. The van der Waals surface area contributed by atoms with E-state index in [0.717, 1.165) is 30.2 Å². The summed E-state index contributed by atoms with van der Waals surface area (Å²) in [6, 6.07) is 8.34. The standard InChI is InChI=1S/C16H17BrN2O/c17-9-12-8-16(20)19(11-12)7-5-13-2-1-3-14-10-18-6-4-15(13)14/h1-4,6,10,12H,5,7-9,11H2. The van der Waals surface area contributed by atoms with Gasteiger partial charge in [0, 0.05) is 42.6 Å². The summed E-state index contributed by atoms with van der Waals surface area (Å²) in [5.41, 5.74) is 1.29. The van der Waals surface area contributed by atoms with Crippen molar-refractivity contribution in [2.24, 2.45) is 5.92 Å². The lowest BCUT2D eigenvalue weighted by Crippen LogP contribution is -2.27. The van der Waals surface area contributed by atoms with Crippen molar-refractivity contribution in [3.63, 3.8) is 0 Å². The molecule has 1 aliphatic rings. The molecule has 2 aromatic rings. The van der Waals surface area contributed by atoms with E-state index in [1.807, 2.05) is 17.3 Å². The van der Waals surface area contributed by atoms with E-state index in [2.05, 4.69) is 45.2 Å². The number of fused-ring (bicyclic) bond motifs is 1. The maximum atomic E-state index is 11.9. The second-order valence-corrected chi connectivity index (χ2v) is 5.98. The van der Waals surface area contributed by atoms with Gasteiger partial charge in [-0.05, 0) is 29.4 Å². The van der Waals surface area contributed by atoms with Gasteiger partial charge in [0.25, 0.3) is 0 Å². The van der Waals surface area contributed by atoms with Crippen LogP contribution in [0.4, 0.5) is 0 Å². The minimum Gasteiger partial charge on any atom is -0.342 e. The first kappa shape index (κ1) is 13.6. The van der Waals surface area contributed by atoms with Gasteiger partial charge in [0.15, 0.2) is 0 Å². The third kappa shape index (κ3) is 2.70. The van der Waals surface area contributed by atoms with E-state index < -0.39 is 0 Å². The van der Waals surface area contributed by atoms with Crippen LogP contribution in [0.2, 0.25) is 0 Å². The van der Waals surface area contributed by atoms with Crippen molar-refractivity contribution in [2.75, 3.05) is 18.4 Å². The molecule has 0 saturated carbocycles. The predicted molar refractivity (Wildman–Crippen MR) is 83.9 cm³/mol. The summed E-state index contributed by atoms with van der Waals surface area (Å²) in [5, 5.41) is 3.32. The highest BCUT2D eigenvalue weighted by molar-refractivity contribution is 9.09. The van der Waals surface area contributed by atoms with Crippen molar-refractivity contribution in [2.45, 2.75) is 12.8 Å². The van der Waals surface area contributed by atoms with Gasteiger partial charge in [0.1, 0.15) is 0 Å². The summed E-state index contributed by atoms with van der Waals surface area (Å²) < 4.78 is 0. The van der Waals surface area contributed by atoms with Gasteiger partial charge in [0.2, 0.25) is 5.91 Å². The number of amides is 1. The maximum Gasteiger partial charge on any atom is 0.222 e. The first-order valence-corrected chi connectivity index (χ1v) is 8.05. The highest BCUT2D eigenvalue weighted by Gasteiger charge is 2.28. The summed E-state index contributed by atoms with van der Waals surface area (Å²) in [6.45, 7) is 1.69. The average molecular weight is 333 g/mol. The fourth-order valence-electron chi connectivity index (χ4n) is 2.84. The van der Waals surface area contributed by atoms with Gasteiger partial charge in [-0.1, -0.05) is 34.1 Å². The van der Waals surface area contributed by atoms with Crippen LogP contribution < -0.4 is 0 Å². The van der Waals surface area contributed by atoms with Crippen molar-refractivity contribution >= 4 is 32.6 Å². The smallest absolute Gasteiger partial charge is 0.222 e. The maximum absolute atomic E-state index is 11.9. The summed E-state index contributed by atoms with van der Waals surface area (Å²) in [6.07, 6.45) is 5.31. The molecule has 0 aliphatic carbocycles. The Balaban J connectivity index is 1.73. The zero-order valence-corrected chi connectivity index (χ0v) is 12.8. The van der Waals surface area contributed by atoms with Crippen LogP contribution in [-0.2, 0) is 11.2 Å². The van der Waals surface area contributed by atoms with Crippen molar-refractivity contribution in [1.29, 1.82) is 0 Å². The topological polar surface area (TPSA) is 33.2 Å². The van der Waals surface area contributed by atoms with Gasteiger partial charge in [-0.2, -0.15) is 0 Å². The van der Waals surface area contributed by atoms with Crippen LogP contribution in [0.3, 0.4) is 0 Å². The Morgan fingerprint density at radius 1 is 1.35 bits per heavy atom. The van der Waals surface area contributed by atoms with E-state index in [9.17, 15) is 4.79 Å². The Morgan fingerprint density at radius 3 is 3.05 bits per heavy atom. The lowest BCUT2D eigenvalue weighted by Gasteiger charge is -2.17. The quantitative estimate of drug-likeness (QED) is 0.806. The molecule has 1 aliphatic heterocycles. The number of alkyl halides is 1. The molecule has 4 heteroatoms. The number of rotatable bonds is 4. The van der Waals surface area contributed by atoms with Gasteiger partial charge < -0.3 is 4.90 Å². The third-order valence-corrected chi connectivity index (χ3v) is 4.85. The molecule has 1 unspecified atom stereocenters. The Hall–Kier alpha value is -1.42. The molecule has 2 heterocycles. The van der Waals surface area contributed by atoms with Crippen LogP contribution >= 0.6 is 15.9 Å². The first-order valence-electron chi connectivity index (χ1n) is 6.93. The number of aromatic nitrogens is 1. The molecule has 1 saturated heterocycles. The van der Waals surface area contributed by atoms with Crippen LogP contribution in [0.1, 0.15) is 12.0 Å². The van der Waals surface area contributed by atoms with Gasteiger partial charge >= 0.3 is 0 Å². The molecule has 0 radical (unpaired) electrons. The van der Waals surface area contributed by atoms with Crippen LogP contribution in [-0.4, -0.2) is 34.2 Å². The number of nitrogens with zero attached hydrogens (tertiary/aromatic N) is 2. The van der Waals surface area contributed by atoms with Gasteiger partial charge in [-0.15, -0.1) is 0 Å². The van der Waals surface area contributed by atoms with Gasteiger partial charge in [-0.25, -0.2) is 0 Å². The molecule has 1 aromatic heterocycles. The normalized spacial score (nSPS) is 18.9. The fourth-order valence-corrected chi connectivity index (χ4v) is 3.27. The molecule has 0 bridgehead atoms. The number of carbonyl (C=O) groups excluding carboxylic acids is 1. The van der Waals surface area contributed by atoms with Crippen LogP contribution in [0.15, 0.2) is 36.7 Å². The minimum atomic E-state index is 0.288. The monoisotopic (exact) mass is 332 g/mol. The van der Waals surface area contributed by atoms with Crippen LogP contribution in [0, 0.1) is 5.92 Å². The molecule has 1 fully saturated rings. The summed E-state index contributed by atoms with van der Waals surface area (Å²) in [7, 11) is 0. The molecule has 1 atom stereocenters. The third-order valence-electron chi connectivity index (χ3n) is 3.93. The van der Waals surface area contributed by atoms with E-state index in [0.29, 0.717) is 12.3 Å². The number of carbonyl (C=O) groups is 1. The second-order valence-electron chi connectivity index (χ2n) is 5.33. The van der Waals surface area contributed by atoms with E-state index >= 15 is 0 Å². The molecule has 0 spiro atoms. The summed E-state index contributed by atoms with van der Waals surface area (Å²) >= 11 is 3.47. The lowest BCUT2D eigenvalue weighted by molar-refractivity contribution is -0.127. The largest absolute Gasteiger partial charge is 0.342 e. The zero-order chi connectivity index (χ0) is 13.9. The summed E-state index contributed by atoms with van der Waals surface area (Å²) in [5.74, 6) is 0.760. The number of hydrogen-bond donors (Lipinski definition) is 0. The molecular formula is C16H17BrN2O. The number of hydrogen-bond acceptors (Lipinski definition) is 2. The van der Waals surface area contributed by atoms with Gasteiger partial charge in [0.05, 0.1) is 0 Å². The molecule has 0 N–H and O–H groups in total. The van der Waals surface area contributed by atoms with Crippen molar-refractivity contribution in [1.82, 2.24) is 9.88 Å². The number of likely N-dealkylation sites (tertiary alicyclic amines) is 1. The van der Waals surface area contributed by atoms with E-state index in [1.165, 1.54) is 10.9 Å². The molecular weight excluding hydrogens is 316 g/mol. The Morgan fingerprint density at radius 2 is 2.25 bits per heavy atom. The molecule has 3 rings (SSSR count). The van der Waals surface area contributed by atoms with E-state index in [1.54, 1.807) is 0 Å². The molecule has 3 nitrogen and oxygen atoms in total. The molecule has 1 amide bonds. The number of halogens is 1. The first-order chi connectivity index (χ1) is 9.78. The highest BCUT2D eigenvalue weighted by Crippen LogP contribution is 2.22. The number of pyridine rings is 1. The highest BCUT2D eigenvalue weighted by atomic mass is 79.9. The van der Waals surface area contributed by atoms with E-state index in [4.69, 9.17) is 0 Å². The molecule has 20 heavy (non-hydrogen) atoms. The van der Waals surface area contributed by atoms with Crippen molar-refractivity contribution < 1.29 is 4.79 Å². The van der Waals surface area contributed by atoms with Crippen LogP contribution in [0.25, 0.3) is 10.8 Å². The van der Waals surface area contributed by atoms with Crippen molar-refractivity contribution in [3.8, 4) is 0 Å². The molecule has 1 aromatic carbocycles. The Bertz CT molecular complexity index is 623. The minimum absolute atomic E-state index is 0.288. The summed E-state index contributed by atoms with van der Waals surface area (Å²) in [4.78, 5) is 18.1. The van der Waals surface area contributed by atoms with E-state index in [-0.39, 0.29) is 5.91 Å². The second kappa shape index (κ2) is 5.92. The number of benzene rings is 1. The lowest BCUT2D eigenvalue weighted by atomic mass is 10.0. The zero-order valence-electron chi connectivity index (χ0n) is 11.3. The molecule has 104 valence electrons. The Labute approximate surface area is 127 Å².